The fraction of sp³-hybridized carbons (Fsp3) is 0.643. The normalized spacial score (nSPS) is 17.5. The van der Waals surface area contributed by atoms with Crippen LogP contribution < -0.4 is 16.4 Å². The highest BCUT2D eigenvalue weighted by molar-refractivity contribution is 5.78. The molecule has 1 aromatic heterocycles. The standard InChI is InChI=1S/C14H24N6/c15-14(20-12-5-3-1-2-4-6-12)19-10-9-18-13-11-16-7-8-17-13/h7-8,11-12H,1-6,9-10H2,(H,17,18)(H3,15,19,20). The highest BCUT2D eigenvalue weighted by Gasteiger charge is 2.11. The van der Waals surface area contributed by atoms with Gasteiger partial charge < -0.3 is 16.4 Å². The quantitative estimate of drug-likeness (QED) is 0.328. The third-order valence-corrected chi connectivity index (χ3v) is 3.47. The molecular weight excluding hydrogens is 252 g/mol. The average molecular weight is 276 g/mol. The fourth-order valence-electron chi connectivity index (χ4n) is 2.43. The maximum Gasteiger partial charge on any atom is 0.188 e. The topological polar surface area (TPSA) is 88.2 Å². The van der Waals surface area contributed by atoms with Gasteiger partial charge >= 0.3 is 0 Å². The van der Waals surface area contributed by atoms with E-state index in [1.165, 1.54) is 38.5 Å². The Balaban J connectivity index is 1.65. The average Bonchev–Trinajstić information content (AvgIpc) is 2.73. The maximum absolute atomic E-state index is 5.92. The van der Waals surface area contributed by atoms with Crippen LogP contribution >= 0.6 is 0 Å². The Morgan fingerprint density at radius 2 is 2.05 bits per heavy atom. The summed E-state index contributed by atoms with van der Waals surface area (Å²) in [7, 11) is 0. The molecule has 20 heavy (non-hydrogen) atoms. The molecule has 0 amide bonds. The van der Waals surface area contributed by atoms with Gasteiger partial charge in [-0.25, -0.2) is 4.98 Å². The van der Waals surface area contributed by atoms with Gasteiger partial charge in [0.25, 0.3) is 0 Å². The number of nitrogens with two attached hydrogens (primary N) is 1. The summed E-state index contributed by atoms with van der Waals surface area (Å²) in [6, 6.07) is 0.495. The van der Waals surface area contributed by atoms with Crippen molar-refractivity contribution < 1.29 is 0 Å². The van der Waals surface area contributed by atoms with Gasteiger partial charge in [0.2, 0.25) is 0 Å². The van der Waals surface area contributed by atoms with Crippen LogP contribution in [-0.2, 0) is 0 Å². The molecule has 1 aromatic rings. The van der Waals surface area contributed by atoms with Crippen LogP contribution in [0.15, 0.2) is 23.6 Å². The Kier molecular flexibility index (Phi) is 6.07. The molecule has 1 aliphatic rings. The molecule has 1 fully saturated rings. The van der Waals surface area contributed by atoms with Crippen LogP contribution in [-0.4, -0.2) is 35.1 Å². The molecule has 1 aliphatic carbocycles. The summed E-state index contributed by atoms with van der Waals surface area (Å²) in [5.74, 6) is 1.32. The first-order chi connectivity index (χ1) is 9.84. The number of anilines is 1. The van der Waals surface area contributed by atoms with E-state index in [-0.39, 0.29) is 0 Å². The van der Waals surface area contributed by atoms with E-state index in [1.807, 2.05) is 0 Å². The summed E-state index contributed by atoms with van der Waals surface area (Å²) >= 11 is 0. The lowest BCUT2D eigenvalue weighted by Crippen LogP contribution is -2.40. The van der Waals surface area contributed by atoms with Gasteiger partial charge in [-0.05, 0) is 12.8 Å². The SMILES string of the molecule is NC(=NCCNc1cnccn1)NC1CCCCCC1. The summed E-state index contributed by atoms with van der Waals surface area (Å²) in [5.41, 5.74) is 5.92. The van der Waals surface area contributed by atoms with Crippen molar-refractivity contribution in [2.75, 3.05) is 18.4 Å². The van der Waals surface area contributed by atoms with Crippen molar-refractivity contribution >= 4 is 11.8 Å². The molecule has 6 heteroatoms. The van der Waals surface area contributed by atoms with Crippen molar-refractivity contribution in [3.8, 4) is 0 Å². The molecule has 0 atom stereocenters. The second-order valence-electron chi connectivity index (χ2n) is 5.12. The van der Waals surface area contributed by atoms with Gasteiger partial charge in [0, 0.05) is 25.0 Å². The number of hydrogen-bond acceptors (Lipinski definition) is 4. The molecule has 0 saturated heterocycles. The van der Waals surface area contributed by atoms with Crippen LogP contribution in [0.2, 0.25) is 0 Å². The van der Waals surface area contributed by atoms with E-state index in [2.05, 4.69) is 25.6 Å². The van der Waals surface area contributed by atoms with Crippen molar-refractivity contribution in [2.45, 2.75) is 44.6 Å². The van der Waals surface area contributed by atoms with E-state index in [1.54, 1.807) is 18.6 Å². The van der Waals surface area contributed by atoms with Gasteiger partial charge in [0.15, 0.2) is 5.96 Å². The molecule has 1 heterocycles. The van der Waals surface area contributed by atoms with Gasteiger partial charge in [-0.3, -0.25) is 9.98 Å². The minimum Gasteiger partial charge on any atom is -0.370 e. The lowest BCUT2D eigenvalue weighted by atomic mass is 10.1. The molecule has 0 spiro atoms. The second-order valence-corrected chi connectivity index (χ2v) is 5.12. The molecule has 2 rings (SSSR count). The van der Waals surface area contributed by atoms with Crippen LogP contribution in [0.3, 0.4) is 0 Å². The number of hydrogen-bond donors (Lipinski definition) is 3. The molecule has 0 bridgehead atoms. The molecular formula is C14H24N6. The van der Waals surface area contributed by atoms with E-state index in [4.69, 9.17) is 5.73 Å². The fourth-order valence-corrected chi connectivity index (χ4v) is 2.43. The van der Waals surface area contributed by atoms with Crippen LogP contribution in [0, 0.1) is 0 Å². The maximum atomic E-state index is 5.92. The van der Waals surface area contributed by atoms with Gasteiger partial charge in [-0.15, -0.1) is 0 Å². The molecule has 6 nitrogen and oxygen atoms in total. The Morgan fingerprint density at radius 1 is 1.25 bits per heavy atom. The smallest absolute Gasteiger partial charge is 0.188 e. The van der Waals surface area contributed by atoms with Crippen molar-refractivity contribution in [2.24, 2.45) is 10.7 Å². The summed E-state index contributed by atoms with van der Waals surface area (Å²) in [6.07, 6.45) is 12.7. The zero-order valence-corrected chi connectivity index (χ0v) is 11.9. The Hall–Kier alpha value is -1.85. The summed E-state index contributed by atoms with van der Waals surface area (Å²) in [6.45, 7) is 1.33. The number of nitrogens with one attached hydrogen (secondary N) is 2. The Bertz CT molecular complexity index is 397. The van der Waals surface area contributed by atoms with E-state index in [9.17, 15) is 0 Å². The van der Waals surface area contributed by atoms with Crippen LogP contribution in [0.1, 0.15) is 38.5 Å². The van der Waals surface area contributed by atoms with E-state index < -0.39 is 0 Å². The van der Waals surface area contributed by atoms with Crippen LogP contribution in [0.4, 0.5) is 5.82 Å². The first kappa shape index (κ1) is 14.6. The van der Waals surface area contributed by atoms with Crippen LogP contribution in [0.5, 0.6) is 0 Å². The van der Waals surface area contributed by atoms with E-state index in [0.29, 0.717) is 25.1 Å². The number of nitrogens with zero attached hydrogens (tertiary/aromatic N) is 3. The Morgan fingerprint density at radius 3 is 2.75 bits per heavy atom. The van der Waals surface area contributed by atoms with Gasteiger partial charge in [0.1, 0.15) is 5.82 Å². The predicted octanol–water partition coefficient (Wildman–Crippen LogP) is 1.52. The predicted molar refractivity (Wildman–Crippen MR) is 81.6 cm³/mol. The van der Waals surface area contributed by atoms with Crippen molar-refractivity contribution in [3.63, 3.8) is 0 Å². The van der Waals surface area contributed by atoms with Gasteiger partial charge in [-0.2, -0.15) is 0 Å². The molecule has 0 aromatic carbocycles. The minimum absolute atomic E-state index is 0.495. The number of aliphatic imine (C=N–C) groups is 1. The molecule has 0 radical (unpaired) electrons. The zero-order valence-electron chi connectivity index (χ0n) is 11.9. The van der Waals surface area contributed by atoms with Crippen molar-refractivity contribution in [1.82, 2.24) is 15.3 Å². The molecule has 0 aliphatic heterocycles. The molecule has 4 N–H and O–H groups in total. The first-order valence-corrected chi connectivity index (χ1v) is 7.41. The Labute approximate surface area is 120 Å². The second kappa shape index (κ2) is 8.35. The molecule has 1 saturated carbocycles. The zero-order chi connectivity index (χ0) is 14.0. The molecule has 0 unspecified atom stereocenters. The highest BCUT2D eigenvalue weighted by Crippen LogP contribution is 2.16. The number of guanidine groups is 1. The van der Waals surface area contributed by atoms with E-state index >= 15 is 0 Å². The van der Waals surface area contributed by atoms with Crippen molar-refractivity contribution in [3.05, 3.63) is 18.6 Å². The lowest BCUT2D eigenvalue weighted by molar-refractivity contribution is 0.530. The van der Waals surface area contributed by atoms with E-state index in [0.717, 1.165) is 5.82 Å². The summed E-state index contributed by atoms with van der Waals surface area (Å²) < 4.78 is 0. The van der Waals surface area contributed by atoms with Gasteiger partial charge in [-0.1, -0.05) is 25.7 Å². The van der Waals surface area contributed by atoms with Gasteiger partial charge in [0.05, 0.1) is 12.7 Å². The number of aromatic nitrogens is 2. The lowest BCUT2D eigenvalue weighted by Gasteiger charge is -2.16. The minimum atomic E-state index is 0.495. The van der Waals surface area contributed by atoms with Crippen molar-refractivity contribution in [1.29, 1.82) is 0 Å². The monoisotopic (exact) mass is 276 g/mol. The largest absolute Gasteiger partial charge is 0.370 e. The first-order valence-electron chi connectivity index (χ1n) is 7.41. The van der Waals surface area contributed by atoms with Crippen LogP contribution in [0.25, 0.3) is 0 Å². The summed E-state index contributed by atoms with van der Waals surface area (Å²) in [4.78, 5) is 12.5. The molecule has 110 valence electrons. The number of rotatable bonds is 5. The third kappa shape index (κ3) is 5.42. The third-order valence-electron chi connectivity index (χ3n) is 3.47. The highest BCUT2D eigenvalue weighted by atomic mass is 15.1. The summed E-state index contributed by atoms with van der Waals surface area (Å²) in [5, 5.41) is 6.48.